The van der Waals surface area contributed by atoms with E-state index in [-0.39, 0.29) is 11.9 Å². The molecule has 1 aromatic carbocycles. The molecule has 1 aliphatic heterocycles. The molecule has 2 aromatic rings. The van der Waals surface area contributed by atoms with E-state index in [0.717, 1.165) is 37.4 Å². The second-order valence-electron chi connectivity index (χ2n) is 7.59. The first-order chi connectivity index (χ1) is 14.1. The van der Waals surface area contributed by atoms with E-state index in [0.29, 0.717) is 31.9 Å². The number of aryl methyl sites for hydroxylation is 1. The smallest absolute Gasteiger partial charge is 0.226 e. The summed E-state index contributed by atoms with van der Waals surface area (Å²) in [5, 5.41) is 10.1. The van der Waals surface area contributed by atoms with Crippen LogP contribution in [0.5, 0.6) is 0 Å². The predicted molar refractivity (Wildman–Crippen MR) is 113 cm³/mol. The van der Waals surface area contributed by atoms with Gasteiger partial charge in [-0.05, 0) is 44.0 Å². The van der Waals surface area contributed by atoms with Crippen LogP contribution < -0.4 is 4.90 Å². The summed E-state index contributed by atoms with van der Waals surface area (Å²) in [7, 11) is 0. The van der Waals surface area contributed by atoms with Crippen molar-refractivity contribution in [2.24, 2.45) is 0 Å². The molecule has 0 aliphatic carbocycles. The van der Waals surface area contributed by atoms with E-state index in [2.05, 4.69) is 4.90 Å². The fourth-order valence-corrected chi connectivity index (χ4v) is 3.79. The number of furan rings is 1. The van der Waals surface area contributed by atoms with Gasteiger partial charge < -0.3 is 19.2 Å². The molecule has 2 heterocycles. The van der Waals surface area contributed by atoms with Crippen LogP contribution in [-0.2, 0) is 9.53 Å². The van der Waals surface area contributed by atoms with E-state index in [1.165, 1.54) is 0 Å². The molecule has 1 saturated heterocycles. The third kappa shape index (κ3) is 5.92. The van der Waals surface area contributed by atoms with Gasteiger partial charge in [-0.1, -0.05) is 25.1 Å². The first-order valence-corrected chi connectivity index (χ1v) is 10.5. The Morgan fingerprint density at radius 1 is 1.24 bits per heavy atom. The molecule has 3 rings (SSSR count). The first-order valence-electron chi connectivity index (χ1n) is 10.5. The standard InChI is InChI=1S/C23H32N2O4/c1-3-23(27)25(19-7-5-4-6-8-19)20-11-14-24(15-12-20)17-28-16-13-21(26)22-10-9-18(2)29-22/h4-10,20-21,26H,3,11-17H2,1-2H3. The van der Waals surface area contributed by atoms with Crippen LogP contribution in [-0.4, -0.2) is 48.4 Å². The number of nitrogens with zero attached hydrogens (tertiary/aromatic N) is 2. The molecule has 158 valence electrons. The number of carbonyl (C=O) groups is 1. The molecule has 29 heavy (non-hydrogen) atoms. The van der Waals surface area contributed by atoms with Gasteiger partial charge >= 0.3 is 0 Å². The van der Waals surface area contributed by atoms with E-state index in [9.17, 15) is 9.90 Å². The fourth-order valence-electron chi connectivity index (χ4n) is 3.79. The molecule has 1 unspecified atom stereocenters. The number of aliphatic hydroxyl groups is 1. The molecule has 1 N–H and O–H groups in total. The van der Waals surface area contributed by atoms with Gasteiger partial charge in [0.25, 0.3) is 0 Å². The number of carbonyl (C=O) groups excluding carboxylic acids is 1. The molecule has 0 saturated carbocycles. The van der Waals surface area contributed by atoms with Crippen LogP contribution in [0.4, 0.5) is 5.69 Å². The van der Waals surface area contributed by atoms with Gasteiger partial charge in [-0.2, -0.15) is 0 Å². The monoisotopic (exact) mass is 400 g/mol. The lowest BCUT2D eigenvalue weighted by Gasteiger charge is -2.38. The molecule has 1 aromatic heterocycles. The van der Waals surface area contributed by atoms with Gasteiger partial charge in [0.1, 0.15) is 17.6 Å². The Morgan fingerprint density at radius 2 is 1.97 bits per heavy atom. The molecule has 6 nitrogen and oxygen atoms in total. The third-order valence-electron chi connectivity index (χ3n) is 5.43. The Labute approximate surface area is 173 Å². The second kappa shape index (κ2) is 10.6. The normalized spacial score (nSPS) is 16.7. The van der Waals surface area contributed by atoms with Crippen molar-refractivity contribution in [1.29, 1.82) is 0 Å². The van der Waals surface area contributed by atoms with E-state index in [1.54, 1.807) is 6.07 Å². The fraction of sp³-hybridized carbons (Fsp3) is 0.522. The Kier molecular flexibility index (Phi) is 7.86. The number of ether oxygens (including phenoxy) is 1. The van der Waals surface area contributed by atoms with Crippen LogP contribution in [0.2, 0.25) is 0 Å². The van der Waals surface area contributed by atoms with Gasteiger partial charge in [0.2, 0.25) is 5.91 Å². The molecular weight excluding hydrogens is 368 g/mol. The molecule has 6 heteroatoms. The molecule has 0 radical (unpaired) electrons. The molecule has 1 aliphatic rings. The van der Waals surface area contributed by atoms with Crippen LogP contribution in [0.25, 0.3) is 0 Å². The minimum Gasteiger partial charge on any atom is -0.464 e. The van der Waals surface area contributed by atoms with Crippen molar-refractivity contribution >= 4 is 11.6 Å². The Morgan fingerprint density at radius 3 is 2.59 bits per heavy atom. The quantitative estimate of drug-likeness (QED) is 0.647. The third-order valence-corrected chi connectivity index (χ3v) is 5.43. The molecule has 1 fully saturated rings. The van der Waals surface area contributed by atoms with E-state index >= 15 is 0 Å². The molecule has 0 bridgehead atoms. The van der Waals surface area contributed by atoms with Gasteiger partial charge in [-0.3, -0.25) is 9.69 Å². The van der Waals surface area contributed by atoms with Crippen LogP contribution in [0.1, 0.15) is 50.2 Å². The second-order valence-corrected chi connectivity index (χ2v) is 7.59. The summed E-state index contributed by atoms with van der Waals surface area (Å²) < 4.78 is 11.2. The van der Waals surface area contributed by atoms with Crippen molar-refractivity contribution < 1.29 is 19.1 Å². The minimum atomic E-state index is -0.631. The lowest BCUT2D eigenvalue weighted by atomic mass is 10.0. The minimum absolute atomic E-state index is 0.174. The SMILES string of the molecule is CCC(=O)N(c1ccccc1)C1CCN(COCCC(O)c2ccc(C)o2)CC1. The number of para-hydroxylation sites is 1. The molecule has 0 spiro atoms. The Balaban J connectivity index is 1.42. The predicted octanol–water partition coefficient (Wildman–Crippen LogP) is 3.89. The number of amides is 1. The lowest BCUT2D eigenvalue weighted by Crippen LogP contribution is -2.48. The zero-order valence-corrected chi connectivity index (χ0v) is 17.4. The van der Waals surface area contributed by atoms with E-state index in [4.69, 9.17) is 9.15 Å². The number of rotatable bonds is 9. The number of aliphatic hydroxyl groups excluding tert-OH is 1. The highest BCUT2D eigenvalue weighted by atomic mass is 16.5. The lowest BCUT2D eigenvalue weighted by molar-refractivity contribution is -0.119. The molecule has 1 amide bonds. The van der Waals surface area contributed by atoms with Crippen molar-refractivity contribution in [2.45, 2.75) is 51.7 Å². The van der Waals surface area contributed by atoms with Gasteiger partial charge in [0, 0.05) is 37.7 Å². The maximum Gasteiger partial charge on any atom is 0.226 e. The number of piperidine rings is 1. The Bertz CT molecular complexity index is 753. The highest BCUT2D eigenvalue weighted by Crippen LogP contribution is 2.25. The van der Waals surface area contributed by atoms with Crippen LogP contribution >= 0.6 is 0 Å². The first kappa shape index (κ1) is 21.6. The summed E-state index contributed by atoms with van der Waals surface area (Å²) in [5.74, 6) is 1.57. The number of anilines is 1. The largest absolute Gasteiger partial charge is 0.464 e. The average molecular weight is 401 g/mol. The van der Waals surface area contributed by atoms with Crippen molar-refractivity contribution in [3.8, 4) is 0 Å². The van der Waals surface area contributed by atoms with Crippen molar-refractivity contribution in [2.75, 3.05) is 31.3 Å². The van der Waals surface area contributed by atoms with Gasteiger partial charge in [0.05, 0.1) is 13.3 Å². The summed E-state index contributed by atoms with van der Waals surface area (Å²) >= 11 is 0. The van der Waals surface area contributed by atoms with Crippen LogP contribution in [0.15, 0.2) is 46.9 Å². The number of hydrogen-bond acceptors (Lipinski definition) is 5. The highest BCUT2D eigenvalue weighted by molar-refractivity contribution is 5.93. The summed E-state index contributed by atoms with van der Waals surface area (Å²) in [5.41, 5.74) is 0.983. The average Bonchev–Trinajstić information content (AvgIpc) is 3.19. The zero-order chi connectivity index (χ0) is 20.6. The highest BCUT2D eigenvalue weighted by Gasteiger charge is 2.28. The maximum absolute atomic E-state index is 12.5. The van der Waals surface area contributed by atoms with Crippen molar-refractivity contribution in [3.05, 3.63) is 54.0 Å². The van der Waals surface area contributed by atoms with E-state index in [1.807, 2.05) is 55.1 Å². The van der Waals surface area contributed by atoms with Crippen LogP contribution in [0, 0.1) is 6.92 Å². The van der Waals surface area contributed by atoms with Gasteiger partial charge in [-0.15, -0.1) is 0 Å². The van der Waals surface area contributed by atoms with E-state index < -0.39 is 6.10 Å². The van der Waals surface area contributed by atoms with Crippen LogP contribution in [0.3, 0.4) is 0 Å². The molecule has 1 atom stereocenters. The summed E-state index contributed by atoms with van der Waals surface area (Å²) in [6.07, 6.45) is 2.25. The summed E-state index contributed by atoms with van der Waals surface area (Å²) in [6.45, 7) is 6.59. The summed E-state index contributed by atoms with van der Waals surface area (Å²) in [4.78, 5) is 16.8. The van der Waals surface area contributed by atoms with Crippen molar-refractivity contribution in [1.82, 2.24) is 4.90 Å². The number of benzene rings is 1. The number of hydrogen-bond donors (Lipinski definition) is 1. The Hall–Kier alpha value is -2.15. The molecular formula is C23H32N2O4. The van der Waals surface area contributed by atoms with Crippen molar-refractivity contribution in [3.63, 3.8) is 0 Å². The van der Waals surface area contributed by atoms with Gasteiger partial charge in [0.15, 0.2) is 0 Å². The van der Waals surface area contributed by atoms with Gasteiger partial charge in [-0.25, -0.2) is 0 Å². The summed E-state index contributed by atoms with van der Waals surface area (Å²) in [6, 6.07) is 13.8. The number of likely N-dealkylation sites (tertiary alicyclic amines) is 1. The zero-order valence-electron chi connectivity index (χ0n) is 17.4. The topological polar surface area (TPSA) is 66.2 Å². The maximum atomic E-state index is 12.5.